The Hall–Kier alpha value is -6.12. The number of para-hydroxylation sites is 1. The standard InChI is InChI=1S/C44H29NO/c1-3-11-30(12-4-1)32-21-23-36(24-22-32)45(35-15-5-2-6-16-35)37-25-26-39-42-29-41(34-20-19-31-13-7-8-14-33(31)27-34)38-17-9-10-18-40(38)44(42)46-43(39)28-37/h1-29H. The molecular formula is C44H29NO. The number of hydrogen-bond donors (Lipinski definition) is 0. The summed E-state index contributed by atoms with van der Waals surface area (Å²) in [5.41, 5.74) is 9.84. The molecule has 0 spiro atoms. The summed E-state index contributed by atoms with van der Waals surface area (Å²) in [4.78, 5) is 2.29. The average molecular weight is 588 g/mol. The lowest BCUT2D eigenvalue weighted by atomic mass is 9.94. The highest BCUT2D eigenvalue weighted by atomic mass is 16.3. The first kappa shape index (κ1) is 26.3. The van der Waals surface area contributed by atoms with Crippen molar-refractivity contribution in [3.8, 4) is 22.3 Å². The summed E-state index contributed by atoms with van der Waals surface area (Å²) in [7, 11) is 0. The minimum Gasteiger partial charge on any atom is -0.455 e. The van der Waals surface area contributed by atoms with E-state index in [-0.39, 0.29) is 0 Å². The molecule has 0 fully saturated rings. The van der Waals surface area contributed by atoms with Gasteiger partial charge in [-0.05, 0) is 86.9 Å². The zero-order chi connectivity index (χ0) is 30.5. The molecule has 9 rings (SSSR count). The second-order valence-electron chi connectivity index (χ2n) is 11.8. The van der Waals surface area contributed by atoms with Gasteiger partial charge in [0, 0.05) is 39.3 Å². The molecule has 0 bridgehead atoms. The predicted octanol–water partition coefficient (Wildman–Crippen LogP) is 12.7. The van der Waals surface area contributed by atoms with Crippen LogP contribution >= 0.6 is 0 Å². The molecule has 1 aromatic heterocycles. The van der Waals surface area contributed by atoms with E-state index in [0.717, 1.165) is 44.4 Å². The smallest absolute Gasteiger partial charge is 0.143 e. The Morgan fingerprint density at radius 3 is 1.76 bits per heavy atom. The van der Waals surface area contributed by atoms with E-state index >= 15 is 0 Å². The van der Waals surface area contributed by atoms with E-state index in [9.17, 15) is 0 Å². The molecule has 9 aromatic rings. The molecule has 8 aromatic carbocycles. The summed E-state index contributed by atoms with van der Waals surface area (Å²) >= 11 is 0. The number of hydrogen-bond acceptors (Lipinski definition) is 2. The molecule has 0 saturated carbocycles. The summed E-state index contributed by atoms with van der Waals surface area (Å²) < 4.78 is 6.74. The van der Waals surface area contributed by atoms with Crippen molar-refractivity contribution < 1.29 is 4.42 Å². The minimum absolute atomic E-state index is 0.871. The summed E-state index contributed by atoms with van der Waals surface area (Å²) in [5.74, 6) is 0. The summed E-state index contributed by atoms with van der Waals surface area (Å²) in [6.07, 6.45) is 0. The van der Waals surface area contributed by atoms with Crippen LogP contribution in [0.2, 0.25) is 0 Å². The fourth-order valence-corrected chi connectivity index (χ4v) is 6.78. The molecule has 0 radical (unpaired) electrons. The fourth-order valence-electron chi connectivity index (χ4n) is 6.78. The van der Waals surface area contributed by atoms with E-state index in [1.165, 1.54) is 38.4 Å². The first-order valence-corrected chi connectivity index (χ1v) is 15.7. The zero-order valence-corrected chi connectivity index (χ0v) is 25.1. The number of rotatable bonds is 5. The third-order valence-electron chi connectivity index (χ3n) is 9.03. The van der Waals surface area contributed by atoms with Gasteiger partial charge in [-0.2, -0.15) is 0 Å². The van der Waals surface area contributed by atoms with Crippen LogP contribution in [0, 0.1) is 0 Å². The van der Waals surface area contributed by atoms with Gasteiger partial charge >= 0.3 is 0 Å². The van der Waals surface area contributed by atoms with Crippen LogP contribution in [0.5, 0.6) is 0 Å². The lowest BCUT2D eigenvalue weighted by Gasteiger charge is -2.25. The highest BCUT2D eigenvalue weighted by Crippen LogP contribution is 2.43. The first-order valence-electron chi connectivity index (χ1n) is 15.7. The third kappa shape index (κ3) is 4.43. The molecule has 0 aliphatic rings. The normalized spacial score (nSPS) is 11.5. The molecule has 0 N–H and O–H groups in total. The lowest BCUT2D eigenvalue weighted by Crippen LogP contribution is -2.09. The van der Waals surface area contributed by atoms with Gasteiger partial charge in [-0.1, -0.05) is 121 Å². The van der Waals surface area contributed by atoms with Crippen molar-refractivity contribution >= 4 is 60.5 Å². The van der Waals surface area contributed by atoms with Gasteiger partial charge < -0.3 is 9.32 Å². The van der Waals surface area contributed by atoms with Gasteiger partial charge in [0.15, 0.2) is 0 Å². The van der Waals surface area contributed by atoms with E-state index < -0.39 is 0 Å². The van der Waals surface area contributed by atoms with E-state index in [0.29, 0.717) is 0 Å². The molecule has 2 nitrogen and oxygen atoms in total. The van der Waals surface area contributed by atoms with Crippen molar-refractivity contribution in [2.45, 2.75) is 0 Å². The lowest BCUT2D eigenvalue weighted by molar-refractivity contribution is 0.673. The molecule has 0 atom stereocenters. The Kier molecular flexibility index (Phi) is 6.17. The maximum atomic E-state index is 6.74. The molecule has 0 amide bonds. The minimum atomic E-state index is 0.871. The van der Waals surface area contributed by atoms with Gasteiger partial charge in [-0.3, -0.25) is 0 Å². The average Bonchev–Trinajstić information content (AvgIpc) is 3.50. The Labute approximate surface area is 267 Å². The second kappa shape index (κ2) is 10.8. The van der Waals surface area contributed by atoms with E-state index in [2.05, 4.69) is 181 Å². The van der Waals surface area contributed by atoms with Gasteiger partial charge in [0.25, 0.3) is 0 Å². The van der Waals surface area contributed by atoms with Crippen molar-refractivity contribution in [1.29, 1.82) is 0 Å². The monoisotopic (exact) mass is 587 g/mol. The Morgan fingerprint density at radius 1 is 0.348 bits per heavy atom. The Bertz CT molecular complexity index is 2510. The largest absolute Gasteiger partial charge is 0.455 e. The van der Waals surface area contributed by atoms with Gasteiger partial charge in [-0.15, -0.1) is 0 Å². The van der Waals surface area contributed by atoms with Crippen LogP contribution in [0.4, 0.5) is 17.1 Å². The SMILES string of the molecule is c1ccc(-c2ccc(N(c3ccccc3)c3ccc4c(c3)oc3c5ccccc5c(-c5ccc6ccccc6c5)cc43)cc2)cc1. The topological polar surface area (TPSA) is 16.4 Å². The van der Waals surface area contributed by atoms with Crippen molar-refractivity contribution in [2.24, 2.45) is 0 Å². The maximum absolute atomic E-state index is 6.74. The van der Waals surface area contributed by atoms with Gasteiger partial charge in [-0.25, -0.2) is 0 Å². The number of furan rings is 1. The number of fused-ring (bicyclic) bond motifs is 6. The molecule has 0 unspecified atom stereocenters. The maximum Gasteiger partial charge on any atom is 0.143 e. The van der Waals surface area contributed by atoms with Crippen LogP contribution in [-0.4, -0.2) is 0 Å². The first-order chi connectivity index (χ1) is 22.8. The summed E-state index contributed by atoms with van der Waals surface area (Å²) in [6, 6.07) is 62.6. The van der Waals surface area contributed by atoms with Crippen molar-refractivity contribution in [2.75, 3.05) is 4.90 Å². The molecular weight excluding hydrogens is 558 g/mol. The quantitative estimate of drug-likeness (QED) is 0.199. The van der Waals surface area contributed by atoms with Crippen molar-refractivity contribution in [1.82, 2.24) is 0 Å². The molecule has 1 heterocycles. The molecule has 0 aliphatic carbocycles. The van der Waals surface area contributed by atoms with Crippen LogP contribution in [0.3, 0.4) is 0 Å². The third-order valence-corrected chi connectivity index (χ3v) is 9.03. The Balaban J connectivity index is 1.21. The number of benzene rings is 8. The second-order valence-corrected chi connectivity index (χ2v) is 11.8. The molecule has 46 heavy (non-hydrogen) atoms. The molecule has 0 aliphatic heterocycles. The highest BCUT2D eigenvalue weighted by Gasteiger charge is 2.18. The predicted molar refractivity (Wildman–Crippen MR) is 194 cm³/mol. The molecule has 216 valence electrons. The summed E-state index contributed by atoms with van der Waals surface area (Å²) in [6.45, 7) is 0. The van der Waals surface area contributed by atoms with Crippen LogP contribution < -0.4 is 4.90 Å². The van der Waals surface area contributed by atoms with Crippen LogP contribution in [0.1, 0.15) is 0 Å². The number of nitrogens with zero attached hydrogens (tertiary/aromatic N) is 1. The summed E-state index contributed by atoms with van der Waals surface area (Å²) in [5, 5.41) is 7.03. The van der Waals surface area contributed by atoms with Crippen LogP contribution in [0.15, 0.2) is 180 Å². The van der Waals surface area contributed by atoms with E-state index in [1.54, 1.807) is 0 Å². The van der Waals surface area contributed by atoms with Crippen molar-refractivity contribution in [3.05, 3.63) is 176 Å². The van der Waals surface area contributed by atoms with Gasteiger partial charge in [0.05, 0.1) is 0 Å². The Morgan fingerprint density at radius 2 is 0.957 bits per heavy atom. The van der Waals surface area contributed by atoms with Gasteiger partial charge in [0.1, 0.15) is 11.2 Å². The molecule has 2 heteroatoms. The van der Waals surface area contributed by atoms with Crippen LogP contribution in [0.25, 0.3) is 65.7 Å². The number of anilines is 3. The molecule has 0 saturated heterocycles. The highest BCUT2D eigenvalue weighted by molar-refractivity contribution is 6.19. The van der Waals surface area contributed by atoms with E-state index in [4.69, 9.17) is 4.42 Å². The van der Waals surface area contributed by atoms with Crippen molar-refractivity contribution in [3.63, 3.8) is 0 Å². The van der Waals surface area contributed by atoms with Gasteiger partial charge in [0.2, 0.25) is 0 Å². The van der Waals surface area contributed by atoms with E-state index in [1.807, 2.05) is 0 Å². The fraction of sp³-hybridized carbons (Fsp3) is 0. The van der Waals surface area contributed by atoms with Crippen LogP contribution in [-0.2, 0) is 0 Å². The zero-order valence-electron chi connectivity index (χ0n) is 25.1.